The van der Waals surface area contributed by atoms with Crippen molar-refractivity contribution in [2.45, 2.75) is 45.6 Å². The van der Waals surface area contributed by atoms with Crippen LogP contribution in [0.15, 0.2) is 90.6 Å². The molecule has 1 aromatic carbocycles. The number of allylic oxidation sites excluding steroid dienone is 6. The van der Waals surface area contributed by atoms with E-state index in [4.69, 9.17) is 0 Å². The van der Waals surface area contributed by atoms with Gasteiger partial charge in [0.25, 0.3) is 0 Å². The maximum absolute atomic E-state index is 14.0. The topological polar surface area (TPSA) is 23.6 Å². The van der Waals surface area contributed by atoms with E-state index in [1.165, 1.54) is 18.4 Å². The van der Waals surface area contributed by atoms with Gasteiger partial charge in [-0.15, -0.1) is 0 Å². The molecule has 166 valence electrons. The Morgan fingerprint density at radius 3 is 2.26 bits per heavy atom. The Balaban J connectivity index is 2.45. The van der Waals surface area contributed by atoms with Crippen molar-refractivity contribution in [1.82, 2.24) is 9.80 Å². The highest BCUT2D eigenvalue weighted by Gasteiger charge is 2.32. The molecule has 0 saturated carbocycles. The van der Waals surface area contributed by atoms with E-state index in [2.05, 4.69) is 36.6 Å². The predicted molar refractivity (Wildman–Crippen MR) is 133 cm³/mol. The zero-order chi connectivity index (χ0) is 22.6. The lowest BCUT2D eigenvalue weighted by atomic mass is 9.88. The molecule has 1 fully saturated rings. The van der Waals surface area contributed by atoms with Crippen molar-refractivity contribution in [2.75, 3.05) is 26.7 Å². The van der Waals surface area contributed by atoms with E-state index in [0.717, 1.165) is 30.8 Å². The molecule has 31 heavy (non-hydrogen) atoms. The average Bonchev–Trinajstić information content (AvgIpc) is 3.32. The fraction of sp³-hybridized carbons (Fsp3) is 0.393. The lowest BCUT2D eigenvalue weighted by molar-refractivity contribution is -0.132. The van der Waals surface area contributed by atoms with E-state index in [1.807, 2.05) is 74.4 Å². The summed E-state index contributed by atoms with van der Waals surface area (Å²) >= 11 is 0. The zero-order valence-corrected chi connectivity index (χ0v) is 19.6. The van der Waals surface area contributed by atoms with E-state index in [9.17, 15) is 4.79 Å². The third-order valence-electron chi connectivity index (χ3n) is 5.99. The molecule has 1 amide bonds. The molecule has 0 N–H and O–H groups in total. The number of amides is 1. The van der Waals surface area contributed by atoms with Crippen LogP contribution in [0.4, 0.5) is 0 Å². The van der Waals surface area contributed by atoms with Gasteiger partial charge < -0.3 is 9.80 Å². The maximum Gasteiger partial charge on any atom is 0.234 e. The summed E-state index contributed by atoms with van der Waals surface area (Å²) in [6.45, 7) is 12.9. The van der Waals surface area contributed by atoms with Crippen LogP contribution in [0.5, 0.6) is 0 Å². The van der Waals surface area contributed by atoms with Crippen molar-refractivity contribution >= 4 is 5.91 Å². The summed E-state index contributed by atoms with van der Waals surface area (Å²) in [5, 5.41) is 0. The van der Waals surface area contributed by atoms with Gasteiger partial charge in [0.2, 0.25) is 5.91 Å². The molecule has 3 heteroatoms. The van der Waals surface area contributed by atoms with Gasteiger partial charge in [0.1, 0.15) is 0 Å². The molecule has 1 aliphatic heterocycles. The summed E-state index contributed by atoms with van der Waals surface area (Å²) in [5.41, 5.74) is 3.17. The Labute approximate surface area is 189 Å². The number of hydrogen-bond acceptors (Lipinski definition) is 2. The van der Waals surface area contributed by atoms with Crippen molar-refractivity contribution in [2.24, 2.45) is 0 Å². The number of likely N-dealkylation sites (tertiary alicyclic amines) is 1. The first-order valence-electron chi connectivity index (χ1n) is 11.4. The van der Waals surface area contributed by atoms with Crippen LogP contribution in [-0.4, -0.2) is 48.4 Å². The smallest absolute Gasteiger partial charge is 0.234 e. The fourth-order valence-electron chi connectivity index (χ4n) is 4.27. The Kier molecular flexibility index (Phi) is 10.3. The second-order valence-corrected chi connectivity index (χ2v) is 7.99. The van der Waals surface area contributed by atoms with Gasteiger partial charge in [-0.3, -0.25) is 4.79 Å². The van der Waals surface area contributed by atoms with E-state index in [1.54, 1.807) is 6.08 Å². The highest BCUT2D eigenvalue weighted by atomic mass is 16.2. The predicted octanol–water partition coefficient (Wildman–Crippen LogP) is 5.90. The lowest BCUT2D eigenvalue weighted by Gasteiger charge is -2.35. The molecule has 0 spiro atoms. The molecule has 2 atom stereocenters. The van der Waals surface area contributed by atoms with Crippen LogP contribution in [0.25, 0.3) is 0 Å². The van der Waals surface area contributed by atoms with Crippen LogP contribution >= 0.6 is 0 Å². The minimum absolute atomic E-state index is 0.0134. The van der Waals surface area contributed by atoms with Crippen molar-refractivity contribution in [3.8, 4) is 0 Å². The quantitative estimate of drug-likeness (QED) is 0.441. The van der Waals surface area contributed by atoms with Gasteiger partial charge in [0.15, 0.2) is 0 Å². The maximum atomic E-state index is 14.0. The highest BCUT2D eigenvalue weighted by molar-refractivity contribution is 5.88. The number of carbonyl (C=O) groups is 1. The highest BCUT2D eigenvalue weighted by Crippen LogP contribution is 2.29. The van der Waals surface area contributed by atoms with Gasteiger partial charge in [-0.1, -0.05) is 79.4 Å². The van der Waals surface area contributed by atoms with Gasteiger partial charge in [-0.2, -0.15) is 0 Å². The molecule has 1 saturated heterocycles. The standard InChI is InChI=1S/C28H38N2O/c1-6-10-17-24(9-4)27(25-18-12-11-13-19-25)28(31)29(5)26(23(8-3)16-7-2)22-30-20-14-15-21-30/h6-13,16-19,26-27H,1,14-15,20-22H2,2-5H3/b16-7-,17-10-,23-8+,24-9+/t26-,27?/m1/s1. The lowest BCUT2D eigenvalue weighted by Crippen LogP contribution is -2.47. The number of carbonyl (C=O) groups excluding carboxylic acids is 1. The summed E-state index contributed by atoms with van der Waals surface area (Å²) in [4.78, 5) is 18.4. The normalized spacial score (nSPS) is 17.9. The summed E-state index contributed by atoms with van der Waals surface area (Å²) in [6, 6.07) is 10.1. The number of likely N-dealkylation sites (N-methyl/N-ethyl adjacent to an activating group) is 1. The average molecular weight is 419 g/mol. The van der Waals surface area contributed by atoms with Crippen LogP contribution < -0.4 is 0 Å². The summed E-state index contributed by atoms with van der Waals surface area (Å²) in [7, 11) is 1.95. The van der Waals surface area contributed by atoms with Crippen LogP contribution in [0.2, 0.25) is 0 Å². The summed E-state index contributed by atoms with van der Waals surface area (Å²) < 4.78 is 0. The molecular weight excluding hydrogens is 380 g/mol. The van der Waals surface area contributed by atoms with Crippen molar-refractivity contribution in [1.29, 1.82) is 0 Å². The fourth-order valence-corrected chi connectivity index (χ4v) is 4.27. The molecule has 0 radical (unpaired) electrons. The number of rotatable bonds is 10. The first-order valence-corrected chi connectivity index (χ1v) is 11.4. The van der Waals surface area contributed by atoms with E-state index in [-0.39, 0.29) is 17.9 Å². The molecule has 0 aliphatic carbocycles. The first kappa shape index (κ1) is 24.6. The minimum Gasteiger partial charge on any atom is -0.337 e. The van der Waals surface area contributed by atoms with Crippen LogP contribution in [0.3, 0.4) is 0 Å². The second-order valence-electron chi connectivity index (χ2n) is 7.99. The van der Waals surface area contributed by atoms with Crippen LogP contribution in [0.1, 0.15) is 45.1 Å². The molecule has 2 rings (SSSR count). The van der Waals surface area contributed by atoms with Crippen molar-refractivity contribution in [3.05, 3.63) is 96.2 Å². The van der Waals surface area contributed by atoms with E-state index in [0.29, 0.717) is 0 Å². The Morgan fingerprint density at radius 2 is 1.71 bits per heavy atom. The second kappa shape index (κ2) is 12.9. The van der Waals surface area contributed by atoms with Gasteiger partial charge in [0.05, 0.1) is 12.0 Å². The Hall–Kier alpha value is -2.65. The summed E-state index contributed by atoms with van der Waals surface area (Å²) in [5.74, 6) is -0.238. The van der Waals surface area contributed by atoms with Gasteiger partial charge >= 0.3 is 0 Å². The Morgan fingerprint density at radius 1 is 1.06 bits per heavy atom. The minimum atomic E-state index is -0.350. The number of benzene rings is 1. The van der Waals surface area contributed by atoms with Crippen LogP contribution in [0, 0.1) is 0 Å². The SMILES string of the molecule is C=C/C=C\C(=C/C)C(C(=O)N(C)[C@H](CN1CCCC1)C(/C=C\C)=C/C)c1ccccc1. The molecule has 1 heterocycles. The molecule has 1 unspecified atom stereocenters. The largest absolute Gasteiger partial charge is 0.337 e. The molecule has 1 aromatic rings. The monoisotopic (exact) mass is 418 g/mol. The van der Waals surface area contributed by atoms with Gasteiger partial charge in [-0.05, 0) is 63.4 Å². The van der Waals surface area contributed by atoms with Crippen LogP contribution in [-0.2, 0) is 4.79 Å². The molecule has 0 aromatic heterocycles. The van der Waals surface area contributed by atoms with E-state index >= 15 is 0 Å². The zero-order valence-electron chi connectivity index (χ0n) is 19.6. The van der Waals surface area contributed by atoms with Crippen molar-refractivity contribution in [3.63, 3.8) is 0 Å². The van der Waals surface area contributed by atoms with Gasteiger partial charge in [0, 0.05) is 13.6 Å². The van der Waals surface area contributed by atoms with Gasteiger partial charge in [-0.25, -0.2) is 0 Å². The first-order chi connectivity index (χ1) is 15.1. The molecule has 3 nitrogen and oxygen atoms in total. The number of hydrogen-bond donors (Lipinski definition) is 0. The Bertz CT molecular complexity index is 826. The molecule has 1 aliphatic rings. The molecule has 0 bridgehead atoms. The van der Waals surface area contributed by atoms with Crippen molar-refractivity contribution < 1.29 is 4.79 Å². The third-order valence-corrected chi connectivity index (χ3v) is 5.99. The third kappa shape index (κ3) is 6.67. The summed E-state index contributed by atoms with van der Waals surface area (Å²) in [6.07, 6.45) is 16.5. The van der Waals surface area contributed by atoms with E-state index < -0.39 is 0 Å². The molecular formula is C28H38N2O. The number of nitrogens with zero attached hydrogens (tertiary/aromatic N) is 2.